The Balaban J connectivity index is 1.90. The van der Waals surface area contributed by atoms with E-state index in [0.29, 0.717) is 5.88 Å². The maximum Gasteiger partial charge on any atom is 0.226 e. The van der Waals surface area contributed by atoms with E-state index < -0.39 is 0 Å². The lowest BCUT2D eigenvalue weighted by Crippen LogP contribution is -1.99. The molecule has 0 spiro atoms. The fourth-order valence-corrected chi connectivity index (χ4v) is 2.27. The van der Waals surface area contributed by atoms with E-state index in [0.717, 1.165) is 17.7 Å². The molecule has 1 aliphatic rings. The van der Waals surface area contributed by atoms with Crippen molar-refractivity contribution in [2.24, 2.45) is 0 Å². The number of fused-ring (bicyclic) bond motifs is 1. The predicted octanol–water partition coefficient (Wildman–Crippen LogP) is 2.65. The van der Waals surface area contributed by atoms with Gasteiger partial charge in [-0.1, -0.05) is 6.07 Å². The Hall–Kier alpha value is -2.10. The van der Waals surface area contributed by atoms with Crippen molar-refractivity contribution in [3.63, 3.8) is 0 Å². The molecule has 0 bridgehead atoms. The molecule has 18 heavy (non-hydrogen) atoms. The summed E-state index contributed by atoms with van der Waals surface area (Å²) in [7, 11) is 0. The number of benzene rings is 1. The summed E-state index contributed by atoms with van der Waals surface area (Å²) in [6.45, 7) is 1.90. The van der Waals surface area contributed by atoms with Crippen LogP contribution < -0.4 is 10.5 Å². The van der Waals surface area contributed by atoms with Crippen LogP contribution in [0.25, 0.3) is 0 Å². The fraction of sp³-hybridized carbons (Fsp3) is 0.286. The van der Waals surface area contributed by atoms with Crippen LogP contribution in [0.2, 0.25) is 0 Å². The van der Waals surface area contributed by atoms with Crippen LogP contribution in [0, 0.1) is 6.92 Å². The Labute approximate surface area is 106 Å². The summed E-state index contributed by atoms with van der Waals surface area (Å²) in [5.41, 5.74) is 9.26. The van der Waals surface area contributed by atoms with Crippen LogP contribution in [-0.2, 0) is 12.8 Å². The smallest absolute Gasteiger partial charge is 0.226 e. The molecule has 0 saturated carbocycles. The minimum absolute atomic E-state index is 0.233. The minimum atomic E-state index is 0.233. The molecule has 0 radical (unpaired) electrons. The molecule has 3 rings (SSSR count). The van der Waals surface area contributed by atoms with E-state index in [1.807, 2.05) is 13.0 Å². The first-order valence-electron chi connectivity index (χ1n) is 6.11. The molecule has 1 aromatic heterocycles. The van der Waals surface area contributed by atoms with Gasteiger partial charge in [0.1, 0.15) is 5.75 Å². The Morgan fingerprint density at radius 3 is 2.94 bits per heavy atom. The van der Waals surface area contributed by atoms with Crippen molar-refractivity contribution in [3.8, 4) is 11.6 Å². The molecule has 0 amide bonds. The zero-order valence-electron chi connectivity index (χ0n) is 10.3. The SMILES string of the molecule is Cc1cnc(N)nc1Oc1ccc2c(c1)CCC2. The van der Waals surface area contributed by atoms with Gasteiger partial charge in [-0.05, 0) is 49.4 Å². The van der Waals surface area contributed by atoms with Gasteiger partial charge in [0.15, 0.2) is 0 Å². The number of nitrogens with two attached hydrogens (primary N) is 1. The van der Waals surface area contributed by atoms with Crippen molar-refractivity contribution in [3.05, 3.63) is 41.1 Å². The maximum absolute atomic E-state index is 5.78. The van der Waals surface area contributed by atoms with Gasteiger partial charge in [-0.25, -0.2) is 4.98 Å². The van der Waals surface area contributed by atoms with Crippen LogP contribution in [0.4, 0.5) is 5.95 Å². The normalized spacial score (nSPS) is 13.4. The van der Waals surface area contributed by atoms with Crippen LogP contribution in [0.3, 0.4) is 0 Å². The number of nitrogens with zero attached hydrogens (tertiary/aromatic N) is 2. The number of ether oxygens (including phenoxy) is 1. The van der Waals surface area contributed by atoms with E-state index in [9.17, 15) is 0 Å². The zero-order chi connectivity index (χ0) is 12.5. The first-order chi connectivity index (χ1) is 8.72. The van der Waals surface area contributed by atoms with Gasteiger partial charge in [0, 0.05) is 11.8 Å². The van der Waals surface area contributed by atoms with Crippen LogP contribution in [0.1, 0.15) is 23.1 Å². The molecule has 0 saturated heterocycles. The van der Waals surface area contributed by atoms with E-state index in [4.69, 9.17) is 10.5 Å². The van der Waals surface area contributed by atoms with Crippen LogP contribution in [-0.4, -0.2) is 9.97 Å². The van der Waals surface area contributed by atoms with Gasteiger partial charge in [0.05, 0.1) is 0 Å². The second kappa shape index (κ2) is 4.29. The van der Waals surface area contributed by atoms with Crippen molar-refractivity contribution >= 4 is 5.95 Å². The number of aryl methyl sites for hydroxylation is 3. The van der Waals surface area contributed by atoms with E-state index >= 15 is 0 Å². The number of hydrogen-bond acceptors (Lipinski definition) is 4. The van der Waals surface area contributed by atoms with E-state index in [1.54, 1.807) is 6.20 Å². The molecule has 4 nitrogen and oxygen atoms in total. The quantitative estimate of drug-likeness (QED) is 0.878. The lowest BCUT2D eigenvalue weighted by molar-refractivity contribution is 0.458. The highest BCUT2D eigenvalue weighted by Gasteiger charge is 2.12. The molecule has 1 aliphatic carbocycles. The third-order valence-electron chi connectivity index (χ3n) is 3.23. The lowest BCUT2D eigenvalue weighted by atomic mass is 10.1. The average Bonchev–Trinajstić information content (AvgIpc) is 2.81. The summed E-state index contributed by atoms with van der Waals surface area (Å²) in [6.07, 6.45) is 5.22. The Kier molecular flexibility index (Phi) is 2.63. The summed E-state index contributed by atoms with van der Waals surface area (Å²) < 4.78 is 5.78. The number of hydrogen-bond donors (Lipinski definition) is 1. The van der Waals surface area contributed by atoms with Crippen LogP contribution in [0.5, 0.6) is 11.6 Å². The molecule has 92 valence electrons. The van der Waals surface area contributed by atoms with Crippen molar-refractivity contribution in [1.29, 1.82) is 0 Å². The number of anilines is 1. The molecule has 1 aromatic carbocycles. The van der Waals surface area contributed by atoms with Gasteiger partial charge in [-0.15, -0.1) is 0 Å². The van der Waals surface area contributed by atoms with E-state index in [2.05, 4.69) is 22.1 Å². The number of aromatic nitrogens is 2. The van der Waals surface area contributed by atoms with Crippen molar-refractivity contribution in [2.75, 3.05) is 5.73 Å². The third kappa shape index (κ3) is 2.01. The van der Waals surface area contributed by atoms with Crippen LogP contribution in [0.15, 0.2) is 24.4 Å². The van der Waals surface area contributed by atoms with Gasteiger partial charge in [-0.2, -0.15) is 4.98 Å². The Bertz CT molecular complexity index is 596. The predicted molar refractivity (Wildman–Crippen MR) is 69.7 cm³/mol. The standard InChI is InChI=1S/C14H15N3O/c1-9-8-16-14(15)17-13(9)18-12-6-5-10-3-2-4-11(10)7-12/h5-8H,2-4H2,1H3,(H2,15,16,17). The Morgan fingerprint density at radius 1 is 1.22 bits per heavy atom. The summed E-state index contributed by atoms with van der Waals surface area (Å²) in [5.74, 6) is 1.58. The summed E-state index contributed by atoms with van der Waals surface area (Å²) >= 11 is 0. The van der Waals surface area contributed by atoms with Crippen molar-refractivity contribution < 1.29 is 4.74 Å². The van der Waals surface area contributed by atoms with Crippen molar-refractivity contribution in [1.82, 2.24) is 9.97 Å². The van der Waals surface area contributed by atoms with Gasteiger partial charge in [0.2, 0.25) is 11.8 Å². The van der Waals surface area contributed by atoms with E-state index in [-0.39, 0.29) is 5.95 Å². The first kappa shape index (κ1) is 11.0. The molecule has 0 unspecified atom stereocenters. The second-order valence-corrected chi connectivity index (χ2v) is 4.60. The molecule has 4 heteroatoms. The summed E-state index contributed by atoms with van der Waals surface area (Å²) in [5, 5.41) is 0. The molecular weight excluding hydrogens is 226 g/mol. The van der Waals surface area contributed by atoms with Gasteiger partial charge in [-0.3, -0.25) is 0 Å². The van der Waals surface area contributed by atoms with E-state index in [1.165, 1.54) is 24.0 Å². The fourth-order valence-electron chi connectivity index (χ4n) is 2.27. The molecule has 1 heterocycles. The highest BCUT2D eigenvalue weighted by molar-refractivity contribution is 5.41. The molecule has 0 fully saturated rings. The number of rotatable bonds is 2. The largest absolute Gasteiger partial charge is 0.439 e. The van der Waals surface area contributed by atoms with Gasteiger partial charge in [0.25, 0.3) is 0 Å². The average molecular weight is 241 g/mol. The number of nitrogen functional groups attached to an aromatic ring is 1. The zero-order valence-corrected chi connectivity index (χ0v) is 10.3. The molecular formula is C14H15N3O. The monoisotopic (exact) mass is 241 g/mol. The van der Waals surface area contributed by atoms with Gasteiger partial charge < -0.3 is 10.5 Å². The summed E-state index contributed by atoms with van der Waals surface area (Å²) in [4.78, 5) is 8.03. The molecule has 2 aromatic rings. The first-order valence-corrected chi connectivity index (χ1v) is 6.11. The highest BCUT2D eigenvalue weighted by atomic mass is 16.5. The van der Waals surface area contributed by atoms with Gasteiger partial charge >= 0.3 is 0 Å². The molecule has 0 aliphatic heterocycles. The lowest BCUT2D eigenvalue weighted by Gasteiger charge is -2.09. The van der Waals surface area contributed by atoms with Crippen LogP contribution >= 0.6 is 0 Å². The summed E-state index contributed by atoms with van der Waals surface area (Å²) in [6, 6.07) is 6.22. The Morgan fingerprint density at radius 2 is 2.06 bits per heavy atom. The van der Waals surface area contributed by atoms with Crippen molar-refractivity contribution in [2.45, 2.75) is 26.2 Å². The highest BCUT2D eigenvalue weighted by Crippen LogP contribution is 2.29. The third-order valence-corrected chi connectivity index (χ3v) is 3.23. The molecule has 2 N–H and O–H groups in total. The maximum atomic E-state index is 5.78. The topological polar surface area (TPSA) is 61.0 Å². The molecule has 0 atom stereocenters. The second-order valence-electron chi connectivity index (χ2n) is 4.60. The minimum Gasteiger partial charge on any atom is -0.439 e.